The van der Waals surface area contributed by atoms with Gasteiger partial charge in [0.15, 0.2) is 9.84 Å². The number of H-pyrrole nitrogens is 1. The van der Waals surface area contributed by atoms with E-state index in [9.17, 15) is 13.2 Å². The highest BCUT2D eigenvalue weighted by Gasteiger charge is 2.30. The van der Waals surface area contributed by atoms with E-state index < -0.39 is 14.6 Å². The minimum atomic E-state index is -3.22. The van der Waals surface area contributed by atoms with Crippen molar-refractivity contribution in [3.8, 4) is 0 Å². The lowest BCUT2D eigenvalue weighted by Crippen LogP contribution is -2.43. The third kappa shape index (κ3) is 3.23. The van der Waals surface area contributed by atoms with Crippen molar-refractivity contribution in [2.45, 2.75) is 18.6 Å². The Morgan fingerprint density at radius 2 is 2.12 bits per heavy atom. The van der Waals surface area contributed by atoms with Gasteiger partial charge in [0.1, 0.15) is 5.69 Å². The number of carbonyl (C=O) groups excluding carboxylic acids is 1. The number of hydrogen-bond donors (Lipinski definition) is 3. The van der Waals surface area contributed by atoms with Crippen LogP contribution in [0, 0.1) is 0 Å². The van der Waals surface area contributed by atoms with E-state index in [2.05, 4.69) is 10.3 Å². The summed E-state index contributed by atoms with van der Waals surface area (Å²) in [5.41, 5.74) is 6.23. The molecule has 0 saturated heterocycles. The molecule has 0 saturated carbocycles. The predicted octanol–water partition coefficient (Wildman–Crippen LogP) is 0.150. The number of nitrogens with two attached hydrogens (primary N) is 1. The van der Waals surface area contributed by atoms with Crippen LogP contribution in [0.4, 0.5) is 5.69 Å². The van der Waals surface area contributed by atoms with Crippen molar-refractivity contribution in [2.75, 3.05) is 18.5 Å². The van der Waals surface area contributed by atoms with Crippen LogP contribution in [0.3, 0.4) is 0 Å². The largest absolute Gasteiger partial charge is 0.397 e. The van der Waals surface area contributed by atoms with Gasteiger partial charge >= 0.3 is 0 Å². The van der Waals surface area contributed by atoms with Gasteiger partial charge in [-0.3, -0.25) is 4.79 Å². The number of nitrogens with one attached hydrogen (secondary N) is 2. The molecule has 0 unspecified atom stereocenters. The Balaban J connectivity index is 2.67. The third-order valence-corrected chi connectivity index (χ3v) is 4.78. The number of anilines is 1. The molecular weight excluding hydrogens is 242 g/mol. The van der Waals surface area contributed by atoms with Crippen molar-refractivity contribution < 1.29 is 13.2 Å². The average molecular weight is 259 g/mol. The molecule has 7 heteroatoms. The number of hydrogen-bond acceptors (Lipinski definition) is 4. The zero-order valence-electron chi connectivity index (χ0n) is 10.1. The van der Waals surface area contributed by atoms with Crippen molar-refractivity contribution in [2.24, 2.45) is 0 Å². The number of nitrogen functional groups attached to an aromatic ring is 1. The van der Waals surface area contributed by atoms with E-state index in [-0.39, 0.29) is 12.5 Å². The van der Waals surface area contributed by atoms with Gasteiger partial charge in [0, 0.05) is 24.7 Å². The van der Waals surface area contributed by atoms with E-state index in [1.54, 1.807) is 13.8 Å². The lowest BCUT2D eigenvalue weighted by molar-refractivity contribution is 0.0946. The number of aromatic nitrogens is 1. The number of amides is 1. The molecule has 0 bridgehead atoms. The van der Waals surface area contributed by atoms with Crippen LogP contribution in [-0.2, 0) is 9.84 Å². The molecule has 1 heterocycles. The van der Waals surface area contributed by atoms with Crippen molar-refractivity contribution in [1.82, 2.24) is 10.3 Å². The molecule has 0 radical (unpaired) electrons. The van der Waals surface area contributed by atoms with Gasteiger partial charge in [0.2, 0.25) is 0 Å². The minimum Gasteiger partial charge on any atom is -0.397 e. The molecule has 1 aromatic rings. The first-order valence-corrected chi connectivity index (χ1v) is 6.94. The first-order valence-electron chi connectivity index (χ1n) is 5.05. The summed E-state index contributed by atoms with van der Waals surface area (Å²) in [6.45, 7) is 3.17. The molecule has 0 atom stereocenters. The monoisotopic (exact) mass is 259 g/mol. The fourth-order valence-corrected chi connectivity index (χ4v) is 1.40. The molecule has 1 aromatic heterocycles. The minimum absolute atomic E-state index is 0.0452. The second-order valence-corrected chi connectivity index (χ2v) is 7.21. The Morgan fingerprint density at radius 3 is 2.53 bits per heavy atom. The van der Waals surface area contributed by atoms with Gasteiger partial charge in [0.05, 0.1) is 4.75 Å². The quantitative estimate of drug-likeness (QED) is 0.715. The van der Waals surface area contributed by atoms with E-state index in [1.165, 1.54) is 12.3 Å². The zero-order valence-corrected chi connectivity index (χ0v) is 10.9. The maximum atomic E-state index is 11.6. The first kappa shape index (κ1) is 13.6. The van der Waals surface area contributed by atoms with E-state index in [0.717, 1.165) is 6.26 Å². The Morgan fingerprint density at radius 1 is 1.53 bits per heavy atom. The highest BCUT2D eigenvalue weighted by molar-refractivity contribution is 7.92. The van der Waals surface area contributed by atoms with E-state index >= 15 is 0 Å². The molecule has 6 nitrogen and oxygen atoms in total. The summed E-state index contributed by atoms with van der Waals surface area (Å²) >= 11 is 0. The van der Waals surface area contributed by atoms with Crippen LogP contribution in [0.15, 0.2) is 12.3 Å². The Labute approximate surface area is 101 Å². The molecular formula is C10H17N3O3S. The zero-order chi connectivity index (χ0) is 13.3. The molecule has 96 valence electrons. The van der Waals surface area contributed by atoms with Crippen molar-refractivity contribution >= 4 is 21.4 Å². The molecule has 17 heavy (non-hydrogen) atoms. The molecule has 0 fully saturated rings. The fourth-order valence-electron chi connectivity index (χ4n) is 1.06. The SMILES string of the molecule is CC(C)(CNC(=O)c1cc(N)c[nH]1)S(C)(=O)=O. The van der Waals surface area contributed by atoms with Crippen LogP contribution in [0.5, 0.6) is 0 Å². The number of rotatable bonds is 4. The van der Waals surface area contributed by atoms with Crippen molar-refractivity contribution in [3.63, 3.8) is 0 Å². The Kier molecular flexibility index (Phi) is 3.51. The van der Waals surface area contributed by atoms with Crippen LogP contribution in [0.25, 0.3) is 0 Å². The van der Waals surface area contributed by atoms with E-state index in [4.69, 9.17) is 5.73 Å². The second kappa shape index (κ2) is 4.40. The standard InChI is InChI=1S/C10H17N3O3S/c1-10(2,17(3,15)16)6-13-9(14)8-4-7(11)5-12-8/h4-5,12H,6,11H2,1-3H3,(H,13,14). The summed E-state index contributed by atoms with van der Waals surface area (Å²) in [6.07, 6.45) is 2.64. The van der Waals surface area contributed by atoms with Crippen molar-refractivity contribution in [3.05, 3.63) is 18.0 Å². The summed E-state index contributed by atoms with van der Waals surface area (Å²) in [7, 11) is -3.22. The molecule has 0 spiro atoms. The average Bonchev–Trinajstić information content (AvgIpc) is 2.59. The summed E-state index contributed by atoms with van der Waals surface area (Å²) in [5, 5.41) is 2.55. The third-order valence-electron chi connectivity index (χ3n) is 2.63. The lowest BCUT2D eigenvalue weighted by atomic mass is 10.2. The summed E-state index contributed by atoms with van der Waals surface area (Å²) < 4.78 is 21.9. The second-order valence-electron chi connectivity index (χ2n) is 4.56. The maximum absolute atomic E-state index is 11.6. The van der Waals surface area contributed by atoms with Crippen LogP contribution < -0.4 is 11.1 Å². The molecule has 0 aliphatic heterocycles. The molecule has 1 amide bonds. The van der Waals surface area contributed by atoms with Crippen LogP contribution in [0.2, 0.25) is 0 Å². The van der Waals surface area contributed by atoms with Crippen LogP contribution >= 0.6 is 0 Å². The highest BCUT2D eigenvalue weighted by Crippen LogP contribution is 2.13. The van der Waals surface area contributed by atoms with Gasteiger partial charge in [-0.15, -0.1) is 0 Å². The van der Waals surface area contributed by atoms with Gasteiger partial charge < -0.3 is 16.0 Å². The van der Waals surface area contributed by atoms with Gasteiger partial charge in [0.25, 0.3) is 5.91 Å². The van der Waals surface area contributed by atoms with Gasteiger partial charge in [-0.25, -0.2) is 8.42 Å². The van der Waals surface area contributed by atoms with Gasteiger partial charge in [-0.1, -0.05) is 0 Å². The number of aromatic amines is 1. The molecule has 0 aromatic carbocycles. The lowest BCUT2D eigenvalue weighted by Gasteiger charge is -2.22. The summed E-state index contributed by atoms with van der Waals surface area (Å²) in [5.74, 6) is -0.376. The number of carbonyl (C=O) groups is 1. The van der Waals surface area contributed by atoms with Gasteiger partial charge in [-0.05, 0) is 19.9 Å². The molecule has 0 aliphatic carbocycles. The van der Waals surface area contributed by atoms with Crippen LogP contribution in [0.1, 0.15) is 24.3 Å². The van der Waals surface area contributed by atoms with E-state index in [0.29, 0.717) is 11.4 Å². The normalized spacial score (nSPS) is 12.4. The summed E-state index contributed by atoms with van der Waals surface area (Å²) in [6, 6.07) is 1.49. The van der Waals surface area contributed by atoms with Crippen molar-refractivity contribution in [1.29, 1.82) is 0 Å². The predicted molar refractivity (Wildman–Crippen MR) is 66.5 cm³/mol. The maximum Gasteiger partial charge on any atom is 0.267 e. The smallest absolute Gasteiger partial charge is 0.267 e. The Hall–Kier alpha value is -1.50. The topological polar surface area (TPSA) is 105 Å². The molecule has 0 aliphatic rings. The molecule has 4 N–H and O–H groups in total. The molecule has 1 rings (SSSR count). The van der Waals surface area contributed by atoms with E-state index in [1.807, 2.05) is 0 Å². The fraction of sp³-hybridized carbons (Fsp3) is 0.500. The Bertz CT molecular complexity index is 517. The van der Waals surface area contributed by atoms with Crippen LogP contribution in [-0.4, -0.2) is 36.9 Å². The van der Waals surface area contributed by atoms with Gasteiger partial charge in [-0.2, -0.15) is 0 Å². The summed E-state index contributed by atoms with van der Waals surface area (Å²) in [4.78, 5) is 14.3. The first-order chi connectivity index (χ1) is 7.63. The number of sulfone groups is 1. The highest BCUT2D eigenvalue weighted by atomic mass is 32.2.